The molecule has 2 saturated carbocycles. The Bertz CT molecular complexity index is 494. The quantitative estimate of drug-likeness (QED) is 0.493. The molecule has 3 fully saturated rings. The Balaban J connectivity index is 1.77. The monoisotopic (exact) mass is 219 g/mol. The van der Waals surface area contributed by atoms with Gasteiger partial charge in [0, 0.05) is 23.2 Å². The van der Waals surface area contributed by atoms with Gasteiger partial charge in [-0.25, -0.2) is 0 Å². The molecule has 3 aliphatic carbocycles. The topological polar surface area (TPSA) is 25.4 Å². The summed E-state index contributed by atoms with van der Waals surface area (Å²) in [6, 6.07) is 4.26. The van der Waals surface area contributed by atoms with E-state index in [1.165, 1.54) is 17.7 Å². The fourth-order valence-electron chi connectivity index (χ4n) is 4.34. The minimum absolute atomic E-state index is 0.162. The van der Waals surface area contributed by atoms with Gasteiger partial charge in [0.15, 0.2) is 0 Å². The molecule has 1 aromatic heterocycles. The van der Waals surface area contributed by atoms with Crippen LogP contribution >= 0.6 is 11.6 Å². The molecular formula is C12H10ClNO. The summed E-state index contributed by atoms with van der Waals surface area (Å²) in [5.41, 5.74) is 3.12. The smallest absolute Gasteiger partial charge is 0.101 e. The van der Waals surface area contributed by atoms with Crippen molar-refractivity contribution in [1.29, 1.82) is 0 Å². The van der Waals surface area contributed by atoms with E-state index in [0.717, 1.165) is 6.61 Å². The number of hydrogen-bond donors (Lipinski definition) is 0. The standard InChI is InChI=1S/C12H10ClNO/c13-10-8-9-6(2-1-3-14-9)7-4-11(5-15-11)12(7,8)10/h1-3,7-8,10H,4-5H2/t7-,8+,10-,11+,12-/m1/s1. The maximum absolute atomic E-state index is 6.47. The molecule has 2 nitrogen and oxygen atoms in total. The molecule has 2 spiro atoms. The Morgan fingerprint density at radius 1 is 1.53 bits per heavy atom. The molecule has 1 saturated heterocycles. The molecule has 15 heavy (non-hydrogen) atoms. The van der Waals surface area contributed by atoms with E-state index in [1.54, 1.807) is 0 Å². The summed E-state index contributed by atoms with van der Waals surface area (Å²) in [6.07, 6.45) is 3.06. The summed E-state index contributed by atoms with van der Waals surface area (Å²) in [6.45, 7) is 0.928. The summed E-state index contributed by atoms with van der Waals surface area (Å²) in [5.74, 6) is 1.12. The van der Waals surface area contributed by atoms with Gasteiger partial charge in [0.2, 0.25) is 0 Å². The lowest BCUT2D eigenvalue weighted by atomic mass is 9.60. The van der Waals surface area contributed by atoms with Crippen molar-refractivity contribution in [1.82, 2.24) is 4.98 Å². The number of nitrogens with zero attached hydrogens (tertiary/aromatic N) is 1. The molecular weight excluding hydrogens is 210 g/mol. The average molecular weight is 220 g/mol. The average Bonchev–Trinajstić information content (AvgIpc) is 3.10. The highest BCUT2D eigenvalue weighted by molar-refractivity contribution is 6.25. The second kappa shape index (κ2) is 1.85. The van der Waals surface area contributed by atoms with Crippen LogP contribution in [0.2, 0.25) is 0 Å². The highest BCUT2D eigenvalue weighted by atomic mass is 35.5. The van der Waals surface area contributed by atoms with Crippen molar-refractivity contribution in [3.8, 4) is 0 Å². The molecule has 0 bridgehead atoms. The van der Waals surface area contributed by atoms with E-state index >= 15 is 0 Å². The summed E-state index contributed by atoms with van der Waals surface area (Å²) >= 11 is 6.47. The normalized spacial score (nSPS) is 56.7. The fourth-order valence-corrected chi connectivity index (χ4v) is 5.08. The maximum Gasteiger partial charge on any atom is 0.101 e. The van der Waals surface area contributed by atoms with Gasteiger partial charge >= 0.3 is 0 Å². The van der Waals surface area contributed by atoms with Crippen LogP contribution in [0.1, 0.15) is 29.5 Å². The highest BCUT2D eigenvalue weighted by Crippen LogP contribution is 2.89. The Morgan fingerprint density at radius 2 is 2.40 bits per heavy atom. The zero-order valence-electron chi connectivity index (χ0n) is 8.11. The molecule has 1 aliphatic heterocycles. The van der Waals surface area contributed by atoms with E-state index in [4.69, 9.17) is 16.3 Å². The first-order chi connectivity index (χ1) is 7.31. The molecule has 5 rings (SSSR count). The second-order valence-corrected chi connectivity index (χ2v) is 5.80. The van der Waals surface area contributed by atoms with Gasteiger partial charge in [-0.2, -0.15) is 0 Å². The molecule has 4 aliphatic rings. The number of alkyl halides is 1. The van der Waals surface area contributed by atoms with Crippen LogP contribution in [0, 0.1) is 5.41 Å². The first kappa shape index (κ1) is 7.64. The van der Waals surface area contributed by atoms with Gasteiger partial charge in [-0.1, -0.05) is 6.07 Å². The maximum atomic E-state index is 6.47. The largest absolute Gasteiger partial charge is 0.369 e. The molecule has 0 aromatic carbocycles. The zero-order valence-corrected chi connectivity index (χ0v) is 8.87. The van der Waals surface area contributed by atoms with Crippen LogP contribution in [0.3, 0.4) is 0 Å². The van der Waals surface area contributed by atoms with Crippen LogP contribution in [0.4, 0.5) is 0 Å². The van der Waals surface area contributed by atoms with Crippen molar-refractivity contribution in [2.75, 3.05) is 6.61 Å². The van der Waals surface area contributed by atoms with E-state index in [0.29, 0.717) is 11.8 Å². The molecule has 1 aromatic rings. The van der Waals surface area contributed by atoms with Gasteiger partial charge < -0.3 is 4.74 Å². The van der Waals surface area contributed by atoms with Gasteiger partial charge in [-0.3, -0.25) is 4.98 Å². The van der Waals surface area contributed by atoms with Crippen LogP contribution in [0.5, 0.6) is 0 Å². The van der Waals surface area contributed by atoms with Crippen molar-refractivity contribution in [2.24, 2.45) is 5.41 Å². The minimum Gasteiger partial charge on any atom is -0.369 e. The first-order valence-electron chi connectivity index (χ1n) is 5.54. The van der Waals surface area contributed by atoms with Gasteiger partial charge in [0.05, 0.1) is 12.0 Å². The number of ether oxygens (including phenoxy) is 1. The lowest BCUT2D eigenvalue weighted by Gasteiger charge is -2.42. The summed E-state index contributed by atoms with van der Waals surface area (Å²) < 4.78 is 5.68. The molecule has 76 valence electrons. The van der Waals surface area contributed by atoms with E-state index in [9.17, 15) is 0 Å². The molecule has 0 radical (unpaired) electrons. The Kier molecular flexibility index (Phi) is 0.940. The third kappa shape index (κ3) is 0.529. The van der Waals surface area contributed by atoms with Crippen LogP contribution < -0.4 is 0 Å². The second-order valence-electron chi connectivity index (χ2n) is 5.33. The number of epoxide rings is 1. The van der Waals surface area contributed by atoms with Gasteiger partial charge in [-0.15, -0.1) is 11.6 Å². The highest BCUT2D eigenvalue weighted by Gasteiger charge is 2.91. The molecule has 2 heterocycles. The van der Waals surface area contributed by atoms with Crippen LogP contribution in [-0.2, 0) is 4.74 Å². The molecule has 0 unspecified atom stereocenters. The van der Waals surface area contributed by atoms with Gasteiger partial charge in [-0.05, 0) is 24.0 Å². The number of rotatable bonds is 0. The van der Waals surface area contributed by atoms with Gasteiger partial charge in [0.1, 0.15) is 5.60 Å². The molecule has 0 amide bonds. The predicted molar refractivity (Wildman–Crippen MR) is 55.1 cm³/mol. The summed E-state index contributed by atoms with van der Waals surface area (Å²) in [4.78, 5) is 4.52. The van der Waals surface area contributed by atoms with Crippen molar-refractivity contribution in [3.05, 3.63) is 29.6 Å². The Morgan fingerprint density at radius 3 is 3.20 bits per heavy atom. The minimum atomic E-state index is 0.162. The summed E-state index contributed by atoms with van der Waals surface area (Å²) in [5, 5.41) is 0.279. The lowest BCUT2D eigenvalue weighted by Crippen LogP contribution is -2.46. The van der Waals surface area contributed by atoms with Crippen LogP contribution in [0.25, 0.3) is 0 Å². The SMILES string of the molecule is Cl[C@@H]1[C@@H]2c3ncccc3[C@H]3C[C@]4(CO4)[C@@]312. The van der Waals surface area contributed by atoms with E-state index in [1.807, 2.05) is 12.3 Å². The number of aromatic nitrogens is 1. The summed E-state index contributed by atoms with van der Waals surface area (Å²) in [7, 11) is 0. The molecule has 3 heteroatoms. The first-order valence-corrected chi connectivity index (χ1v) is 5.98. The predicted octanol–water partition coefficient (Wildman–Crippen LogP) is 2.04. The Hall–Kier alpha value is -0.600. The number of pyridine rings is 1. The number of hydrogen-bond acceptors (Lipinski definition) is 2. The Labute approximate surface area is 92.6 Å². The van der Waals surface area contributed by atoms with Crippen molar-refractivity contribution >= 4 is 11.6 Å². The molecule has 5 atom stereocenters. The van der Waals surface area contributed by atoms with Gasteiger partial charge in [0.25, 0.3) is 0 Å². The fraction of sp³-hybridized carbons (Fsp3) is 0.583. The third-order valence-corrected chi connectivity index (χ3v) is 5.70. The zero-order chi connectivity index (χ0) is 9.84. The van der Waals surface area contributed by atoms with Crippen molar-refractivity contribution in [3.63, 3.8) is 0 Å². The number of fused-ring (bicyclic) bond motifs is 3. The third-order valence-electron chi connectivity index (χ3n) is 5.09. The van der Waals surface area contributed by atoms with Crippen LogP contribution in [-0.4, -0.2) is 22.6 Å². The number of halogens is 1. The van der Waals surface area contributed by atoms with Crippen LogP contribution in [0.15, 0.2) is 18.3 Å². The van der Waals surface area contributed by atoms with E-state index < -0.39 is 0 Å². The van der Waals surface area contributed by atoms with Crippen molar-refractivity contribution < 1.29 is 4.74 Å². The van der Waals surface area contributed by atoms with Crippen molar-refractivity contribution in [2.45, 2.75) is 29.2 Å². The van der Waals surface area contributed by atoms with E-state index in [2.05, 4.69) is 11.1 Å². The van der Waals surface area contributed by atoms with E-state index in [-0.39, 0.29) is 16.4 Å². The lowest BCUT2D eigenvalue weighted by molar-refractivity contribution is 0.0576. The molecule has 0 N–H and O–H groups in total.